The molecule has 1 saturated carbocycles. The smallest absolute Gasteiger partial charge is 0.151 e. The maximum absolute atomic E-state index is 11.3. The lowest BCUT2D eigenvalue weighted by atomic mass is 10.3. The molecular formula is C10H11NO2. The third kappa shape index (κ3) is 1.04. The highest BCUT2D eigenvalue weighted by Gasteiger charge is 2.55. The largest absolute Gasteiger partial charge is 0.468 e. The van der Waals surface area contributed by atoms with Crippen LogP contribution in [-0.4, -0.2) is 22.8 Å². The van der Waals surface area contributed by atoms with E-state index in [2.05, 4.69) is 4.90 Å². The molecule has 3 rings (SSSR count). The van der Waals surface area contributed by atoms with Crippen LogP contribution in [-0.2, 0) is 11.3 Å². The SMILES string of the molecule is O=C1CC[C@H]2[C@@H]1N2Cc1ccco1. The molecule has 68 valence electrons. The molecule has 0 spiro atoms. The minimum Gasteiger partial charge on any atom is -0.468 e. The molecule has 1 aromatic heterocycles. The molecule has 2 fully saturated rings. The van der Waals surface area contributed by atoms with Crippen molar-refractivity contribution in [3.8, 4) is 0 Å². The van der Waals surface area contributed by atoms with Gasteiger partial charge in [-0.3, -0.25) is 9.69 Å². The summed E-state index contributed by atoms with van der Waals surface area (Å²) in [5.74, 6) is 1.37. The van der Waals surface area contributed by atoms with Crippen LogP contribution < -0.4 is 0 Å². The second-order valence-electron chi connectivity index (χ2n) is 3.77. The molecule has 1 aliphatic carbocycles. The number of rotatable bonds is 2. The van der Waals surface area contributed by atoms with Crippen molar-refractivity contribution in [2.24, 2.45) is 0 Å². The van der Waals surface area contributed by atoms with Gasteiger partial charge in [0, 0.05) is 12.5 Å². The van der Waals surface area contributed by atoms with Gasteiger partial charge in [-0.25, -0.2) is 0 Å². The van der Waals surface area contributed by atoms with Crippen molar-refractivity contribution >= 4 is 5.78 Å². The average molecular weight is 177 g/mol. The summed E-state index contributed by atoms with van der Waals surface area (Å²) in [5, 5.41) is 0. The van der Waals surface area contributed by atoms with Gasteiger partial charge in [-0.1, -0.05) is 0 Å². The molecule has 0 amide bonds. The first-order valence-electron chi connectivity index (χ1n) is 4.67. The van der Waals surface area contributed by atoms with Crippen LogP contribution in [0.5, 0.6) is 0 Å². The minimum atomic E-state index is 0.227. The first-order valence-corrected chi connectivity index (χ1v) is 4.67. The first kappa shape index (κ1) is 7.33. The maximum Gasteiger partial charge on any atom is 0.151 e. The van der Waals surface area contributed by atoms with E-state index in [4.69, 9.17) is 4.42 Å². The van der Waals surface area contributed by atoms with Crippen molar-refractivity contribution < 1.29 is 9.21 Å². The number of hydrogen-bond acceptors (Lipinski definition) is 3. The number of Topliss-reactive ketones (excluding diaryl/α,β-unsaturated/α-hetero) is 1. The van der Waals surface area contributed by atoms with E-state index in [1.54, 1.807) is 6.26 Å². The lowest BCUT2D eigenvalue weighted by molar-refractivity contribution is -0.118. The number of piperidine rings is 1. The summed E-state index contributed by atoms with van der Waals surface area (Å²) in [7, 11) is 0. The Morgan fingerprint density at radius 1 is 1.62 bits per heavy atom. The highest BCUT2D eigenvalue weighted by atomic mass is 16.3. The van der Waals surface area contributed by atoms with Crippen molar-refractivity contribution in [3.63, 3.8) is 0 Å². The lowest BCUT2D eigenvalue weighted by Crippen LogP contribution is -2.12. The van der Waals surface area contributed by atoms with E-state index in [9.17, 15) is 4.79 Å². The molecule has 0 radical (unpaired) electrons. The number of nitrogens with zero attached hydrogens (tertiary/aromatic N) is 1. The monoisotopic (exact) mass is 177 g/mol. The second-order valence-corrected chi connectivity index (χ2v) is 3.77. The van der Waals surface area contributed by atoms with E-state index in [-0.39, 0.29) is 6.04 Å². The van der Waals surface area contributed by atoms with Crippen LogP contribution in [0.15, 0.2) is 22.8 Å². The minimum absolute atomic E-state index is 0.227. The van der Waals surface area contributed by atoms with Gasteiger partial charge in [-0.15, -0.1) is 0 Å². The molecule has 2 aliphatic rings. The van der Waals surface area contributed by atoms with E-state index in [1.807, 2.05) is 12.1 Å². The fourth-order valence-corrected chi connectivity index (χ4v) is 2.29. The first-order chi connectivity index (χ1) is 6.36. The van der Waals surface area contributed by atoms with E-state index in [0.29, 0.717) is 11.8 Å². The Labute approximate surface area is 76.3 Å². The van der Waals surface area contributed by atoms with E-state index < -0.39 is 0 Å². The van der Waals surface area contributed by atoms with Gasteiger partial charge in [-0.2, -0.15) is 0 Å². The zero-order chi connectivity index (χ0) is 8.84. The Kier molecular flexibility index (Phi) is 1.38. The molecule has 1 unspecified atom stereocenters. The van der Waals surface area contributed by atoms with Crippen LogP contribution in [0.25, 0.3) is 0 Å². The molecule has 3 atom stereocenters. The molecule has 3 nitrogen and oxygen atoms in total. The summed E-state index contributed by atoms with van der Waals surface area (Å²) in [5.41, 5.74) is 0. The van der Waals surface area contributed by atoms with E-state index >= 15 is 0 Å². The van der Waals surface area contributed by atoms with Crippen molar-refractivity contribution in [2.45, 2.75) is 31.5 Å². The Morgan fingerprint density at radius 3 is 3.15 bits per heavy atom. The molecule has 1 saturated heterocycles. The summed E-state index contributed by atoms with van der Waals surface area (Å²) in [4.78, 5) is 13.5. The van der Waals surface area contributed by atoms with E-state index in [1.165, 1.54) is 0 Å². The Morgan fingerprint density at radius 2 is 2.54 bits per heavy atom. The van der Waals surface area contributed by atoms with Gasteiger partial charge in [0.05, 0.1) is 18.8 Å². The molecule has 3 heteroatoms. The van der Waals surface area contributed by atoms with Crippen LogP contribution in [0.1, 0.15) is 18.6 Å². The lowest BCUT2D eigenvalue weighted by Gasteiger charge is -2.03. The van der Waals surface area contributed by atoms with Crippen molar-refractivity contribution in [2.75, 3.05) is 0 Å². The van der Waals surface area contributed by atoms with Gasteiger partial charge < -0.3 is 4.42 Å². The summed E-state index contributed by atoms with van der Waals surface area (Å²) in [6.45, 7) is 0.800. The van der Waals surface area contributed by atoms with Crippen LogP contribution in [0.4, 0.5) is 0 Å². The highest BCUT2D eigenvalue weighted by Crippen LogP contribution is 2.40. The molecule has 0 aromatic carbocycles. The fourth-order valence-electron chi connectivity index (χ4n) is 2.29. The number of ketones is 1. The number of furan rings is 1. The predicted octanol–water partition coefficient (Wildman–Crippen LogP) is 1.20. The molecule has 0 bridgehead atoms. The van der Waals surface area contributed by atoms with Gasteiger partial charge in [0.1, 0.15) is 5.76 Å². The predicted molar refractivity (Wildman–Crippen MR) is 46.1 cm³/mol. The van der Waals surface area contributed by atoms with Crippen molar-refractivity contribution in [1.82, 2.24) is 4.90 Å². The number of likely N-dealkylation sites (tertiary alicyclic amines) is 1. The molecule has 0 N–H and O–H groups in total. The van der Waals surface area contributed by atoms with Crippen molar-refractivity contribution in [3.05, 3.63) is 24.2 Å². The molecule has 2 heterocycles. The van der Waals surface area contributed by atoms with Gasteiger partial charge in [-0.05, 0) is 18.6 Å². The Balaban J connectivity index is 1.69. The molecule has 13 heavy (non-hydrogen) atoms. The number of hydrogen-bond donors (Lipinski definition) is 0. The second kappa shape index (κ2) is 2.45. The molecular weight excluding hydrogens is 166 g/mol. The number of carbonyl (C=O) groups excluding carboxylic acids is 1. The Bertz CT molecular complexity index is 331. The van der Waals surface area contributed by atoms with Crippen LogP contribution in [0.3, 0.4) is 0 Å². The Hall–Kier alpha value is -1.09. The standard InChI is InChI=1S/C10H11NO2/c12-9-4-3-8-10(9)11(8)6-7-2-1-5-13-7/h1-2,5,8,10H,3-4,6H2/t8-,10-,11?/m0/s1. The molecule has 1 aliphatic heterocycles. The van der Waals surface area contributed by atoms with Crippen LogP contribution in [0, 0.1) is 0 Å². The summed E-state index contributed by atoms with van der Waals surface area (Å²) >= 11 is 0. The third-order valence-electron chi connectivity index (χ3n) is 2.99. The highest BCUT2D eigenvalue weighted by molar-refractivity contribution is 5.90. The van der Waals surface area contributed by atoms with Crippen molar-refractivity contribution in [1.29, 1.82) is 0 Å². The quantitative estimate of drug-likeness (QED) is 0.636. The fraction of sp³-hybridized carbons (Fsp3) is 0.500. The van der Waals surface area contributed by atoms with Gasteiger partial charge in [0.15, 0.2) is 5.78 Å². The summed E-state index contributed by atoms with van der Waals surface area (Å²) < 4.78 is 5.23. The maximum atomic E-state index is 11.3. The van der Waals surface area contributed by atoms with Gasteiger partial charge >= 0.3 is 0 Å². The topological polar surface area (TPSA) is 33.2 Å². The number of fused-ring (bicyclic) bond motifs is 1. The van der Waals surface area contributed by atoms with Crippen LogP contribution in [0.2, 0.25) is 0 Å². The summed E-state index contributed by atoms with van der Waals surface area (Å²) in [6, 6.07) is 4.59. The molecule has 1 aromatic rings. The van der Waals surface area contributed by atoms with E-state index in [0.717, 1.165) is 25.1 Å². The average Bonchev–Trinajstić information content (AvgIpc) is 2.52. The zero-order valence-corrected chi connectivity index (χ0v) is 7.27. The van der Waals surface area contributed by atoms with Gasteiger partial charge in [0.2, 0.25) is 0 Å². The third-order valence-corrected chi connectivity index (χ3v) is 2.99. The summed E-state index contributed by atoms with van der Waals surface area (Å²) in [6.07, 6.45) is 3.50. The zero-order valence-electron chi connectivity index (χ0n) is 7.27. The normalized spacial score (nSPS) is 36.3. The van der Waals surface area contributed by atoms with Gasteiger partial charge in [0.25, 0.3) is 0 Å². The number of carbonyl (C=O) groups is 1. The van der Waals surface area contributed by atoms with Crippen LogP contribution >= 0.6 is 0 Å².